The highest BCUT2D eigenvalue weighted by atomic mass is 19.4. The summed E-state index contributed by atoms with van der Waals surface area (Å²) in [5.41, 5.74) is -0.534. The molecule has 4 heterocycles. The summed E-state index contributed by atoms with van der Waals surface area (Å²) in [6.45, 7) is 1.61. The van der Waals surface area contributed by atoms with Crippen LogP contribution in [0.25, 0.3) is 5.57 Å². The molecule has 148 valence electrons. The van der Waals surface area contributed by atoms with Gasteiger partial charge in [-0.2, -0.15) is 13.2 Å². The van der Waals surface area contributed by atoms with Crippen molar-refractivity contribution in [1.29, 1.82) is 0 Å². The molecule has 7 nitrogen and oxygen atoms in total. The van der Waals surface area contributed by atoms with E-state index in [1.54, 1.807) is 12.2 Å². The molecular formula is C18H19F3N6O. The molecule has 3 aliphatic heterocycles. The Kier molecular flexibility index (Phi) is 4.80. The zero-order chi connectivity index (χ0) is 19.7. The molecule has 0 radical (unpaired) electrons. The Labute approximate surface area is 159 Å². The Morgan fingerprint density at radius 1 is 1.29 bits per heavy atom. The fourth-order valence-corrected chi connectivity index (χ4v) is 3.49. The highest BCUT2D eigenvalue weighted by molar-refractivity contribution is 5.97. The first-order valence-electron chi connectivity index (χ1n) is 8.99. The van der Waals surface area contributed by atoms with Gasteiger partial charge in [0.1, 0.15) is 11.6 Å². The van der Waals surface area contributed by atoms with Gasteiger partial charge >= 0.3 is 6.18 Å². The summed E-state index contributed by atoms with van der Waals surface area (Å²) in [6, 6.07) is -0.715. The second kappa shape index (κ2) is 7.27. The number of allylic oxidation sites excluding steroid dienone is 2. The number of hydrogen-bond acceptors (Lipinski definition) is 6. The molecule has 2 unspecified atom stereocenters. The third kappa shape index (κ3) is 3.59. The molecule has 1 fully saturated rings. The average molecular weight is 392 g/mol. The van der Waals surface area contributed by atoms with Crippen LogP contribution in [0, 0.1) is 0 Å². The van der Waals surface area contributed by atoms with Crippen molar-refractivity contribution < 1.29 is 18.0 Å². The van der Waals surface area contributed by atoms with Gasteiger partial charge in [-0.3, -0.25) is 4.79 Å². The van der Waals surface area contributed by atoms with Gasteiger partial charge < -0.3 is 21.3 Å². The second-order valence-electron chi connectivity index (χ2n) is 6.79. The number of anilines is 1. The summed E-state index contributed by atoms with van der Waals surface area (Å²) < 4.78 is 40.8. The standard InChI is InChI=1S/C18H19F3N6O/c19-18(20,21)13-9-25-17(26-10-3-1-5-22-7-10)27-14(13)12-8-24-15-11(12)4-2-6-23-16(15)28/h2,4,6,8-10,15,22,24H,1,3,5,7H2,(H,23,28)(H,25,26,27). The number of carbonyl (C=O) groups is 1. The monoisotopic (exact) mass is 392 g/mol. The van der Waals surface area contributed by atoms with Crippen molar-refractivity contribution in [2.24, 2.45) is 0 Å². The molecule has 4 N–H and O–H groups in total. The molecule has 10 heteroatoms. The van der Waals surface area contributed by atoms with Crippen LogP contribution in [0.1, 0.15) is 24.1 Å². The highest BCUT2D eigenvalue weighted by Gasteiger charge is 2.39. The smallest absolute Gasteiger partial charge is 0.375 e. The molecule has 0 bridgehead atoms. The van der Waals surface area contributed by atoms with E-state index in [1.165, 1.54) is 12.4 Å². The average Bonchev–Trinajstić information content (AvgIpc) is 3.00. The number of carbonyl (C=O) groups excluding carboxylic acids is 1. The molecule has 0 aliphatic carbocycles. The predicted molar refractivity (Wildman–Crippen MR) is 96.8 cm³/mol. The van der Waals surface area contributed by atoms with Crippen LogP contribution in [-0.2, 0) is 11.0 Å². The van der Waals surface area contributed by atoms with Crippen LogP contribution in [0.2, 0.25) is 0 Å². The molecule has 1 aromatic rings. The van der Waals surface area contributed by atoms with Gasteiger partial charge in [-0.25, -0.2) is 9.97 Å². The third-order valence-corrected chi connectivity index (χ3v) is 4.86. The van der Waals surface area contributed by atoms with Crippen molar-refractivity contribution in [3.8, 4) is 0 Å². The molecule has 1 amide bonds. The summed E-state index contributed by atoms with van der Waals surface area (Å²) in [6.07, 6.45) is 4.06. The highest BCUT2D eigenvalue weighted by Crippen LogP contribution is 2.38. The minimum atomic E-state index is -4.62. The van der Waals surface area contributed by atoms with E-state index >= 15 is 0 Å². The van der Waals surface area contributed by atoms with Gasteiger partial charge in [-0.15, -0.1) is 0 Å². The molecule has 28 heavy (non-hydrogen) atoms. The quantitative estimate of drug-likeness (QED) is 0.624. The van der Waals surface area contributed by atoms with Crippen LogP contribution in [0.5, 0.6) is 0 Å². The van der Waals surface area contributed by atoms with Crippen LogP contribution in [0.3, 0.4) is 0 Å². The number of amides is 1. The van der Waals surface area contributed by atoms with E-state index in [9.17, 15) is 18.0 Å². The zero-order valence-electron chi connectivity index (χ0n) is 14.8. The molecule has 0 aromatic carbocycles. The van der Waals surface area contributed by atoms with Gasteiger partial charge in [0.2, 0.25) is 5.95 Å². The SMILES string of the molecule is O=C1NC=CC=C2C(c3nc(NC4CCCNC4)ncc3C(F)(F)F)=CNC12. The normalized spacial score (nSPS) is 24.5. The molecule has 1 aromatic heterocycles. The fourth-order valence-electron chi connectivity index (χ4n) is 3.49. The maximum atomic E-state index is 13.6. The van der Waals surface area contributed by atoms with E-state index in [0.717, 1.165) is 25.6 Å². The lowest BCUT2D eigenvalue weighted by Crippen LogP contribution is -2.39. The Morgan fingerprint density at radius 2 is 2.14 bits per heavy atom. The van der Waals surface area contributed by atoms with E-state index in [4.69, 9.17) is 0 Å². The Morgan fingerprint density at radius 3 is 2.89 bits per heavy atom. The summed E-state index contributed by atoms with van der Waals surface area (Å²) in [5, 5.41) is 11.7. The Balaban J connectivity index is 1.71. The Hall–Kier alpha value is -2.88. The van der Waals surface area contributed by atoms with Gasteiger partial charge in [0.25, 0.3) is 5.91 Å². The van der Waals surface area contributed by atoms with Gasteiger partial charge in [0.05, 0.1) is 5.69 Å². The molecule has 3 aliphatic rings. The molecule has 1 saturated heterocycles. The summed E-state index contributed by atoms with van der Waals surface area (Å²) in [5.74, 6) is -0.212. The van der Waals surface area contributed by atoms with Gasteiger partial charge in [-0.05, 0) is 31.0 Å². The lowest BCUT2D eigenvalue weighted by atomic mass is 9.97. The van der Waals surface area contributed by atoms with Gasteiger partial charge in [0.15, 0.2) is 0 Å². The van der Waals surface area contributed by atoms with Crippen LogP contribution in [0.15, 0.2) is 36.3 Å². The van der Waals surface area contributed by atoms with Gasteiger partial charge in [-0.1, -0.05) is 6.08 Å². The lowest BCUT2D eigenvalue weighted by Gasteiger charge is -2.24. The molecule has 0 saturated carbocycles. The van der Waals surface area contributed by atoms with E-state index in [-0.39, 0.29) is 29.2 Å². The minimum Gasteiger partial charge on any atom is -0.375 e. The number of aromatic nitrogens is 2. The van der Waals surface area contributed by atoms with Crippen molar-refractivity contribution >= 4 is 17.4 Å². The number of halogens is 3. The molecular weight excluding hydrogens is 373 g/mol. The lowest BCUT2D eigenvalue weighted by molar-refractivity contribution is -0.138. The van der Waals surface area contributed by atoms with E-state index in [2.05, 4.69) is 31.2 Å². The van der Waals surface area contributed by atoms with E-state index < -0.39 is 17.8 Å². The van der Waals surface area contributed by atoms with Crippen molar-refractivity contribution in [2.75, 3.05) is 18.4 Å². The van der Waals surface area contributed by atoms with Crippen molar-refractivity contribution in [3.05, 3.63) is 47.6 Å². The maximum absolute atomic E-state index is 13.6. The van der Waals surface area contributed by atoms with Gasteiger partial charge in [0, 0.05) is 36.8 Å². The van der Waals surface area contributed by atoms with Crippen LogP contribution in [0.4, 0.5) is 19.1 Å². The molecule has 4 rings (SSSR count). The number of nitrogens with zero attached hydrogens (tertiary/aromatic N) is 2. The summed E-state index contributed by atoms with van der Waals surface area (Å²) in [7, 11) is 0. The largest absolute Gasteiger partial charge is 0.419 e. The minimum absolute atomic E-state index is 0.0487. The number of fused-ring (bicyclic) bond motifs is 1. The van der Waals surface area contributed by atoms with Crippen LogP contribution < -0.4 is 21.3 Å². The van der Waals surface area contributed by atoms with Crippen molar-refractivity contribution in [2.45, 2.75) is 31.1 Å². The van der Waals surface area contributed by atoms with Crippen LogP contribution in [-0.4, -0.2) is 41.0 Å². The first-order chi connectivity index (χ1) is 13.4. The second-order valence-corrected chi connectivity index (χ2v) is 6.79. The molecule has 0 spiro atoms. The maximum Gasteiger partial charge on any atom is 0.419 e. The van der Waals surface area contributed by atoms with Crippen LogP contribution >= 0.6 is 0 Å². The number of piperidine rings is 1. The number of hydrogen-bond donors (Lipinski definition) is 4. The van der Waals surface area contributed by atoms with Crippen molar-refractivity contribution in [1.82, 2.24) is 25.9 Å². The zero-order valence-corrected chi connectivity index (χ0v) is 14.8. The number of nitrogens with one attached hydrogen (secondary N) is 4. The fraction of sp³-hybridized carbons (Fsp3) is 0.389. The third-order valence-electron chi connectivity index (χ3n) is 4.86. The topological polar surface area (TPSA) is 91.0 Å². The number of alkyl halides is 3. The van der Waals surface area contributed by atoms with E-state index in [1.807, 2.05) is 0 Å². The summed E-state index contributed by atoms with van der Waals surface area (Å²) >= 11 is 0. The van der Waals surface area contributed by atoms with E-state index in [0.29, 0.717) is 12.1 Å². The Bertz CT molecular complexity index is 871. The first kappa shape index (κ1) is 18.5. The molecule has 2 atom stereocenters. The first-order valence-corrected chi connectivity index (χ1v) is 8.99. The summed E-state index contributed by atoms with van der Waals surface area (Å²) in [4.78, 5) is 20.2. The predicted octanol–water partition coefficient (Wildman–Crippen LogP) is 1.54. The number of rotatable bonds is 3. The van der Waals surface area contributed by atoms with Crippen molar-refractivity contribution in [3.63, 3.8) is 0 Å².